The summed E-state index contributed by atoms with van der Waals surface area (Å²) in [6, 6.07) is 4.48. The van der Waals surface area contributed by atoms with Gasteiger partial charge in [-0.05, 0) is 30.9 Å². The number of carbonyl (C=O) groups excluding carboxylic acids is 1. The second kappa shape index (κ2) is 5.94. The fourth-order valence-electron chi connectivity index (χ4n) is 2.48. The van der Waals surface area contributed by atoms with Crippen LogP contribution in [0.15, 0.2) is 18.2 Å². The van der Waals surface area contributed by atoms with Crippen molar-refractivity contribution in [2.45, 2.75) is 45.1 Å². The van der Waals surface area contributed by atoms with E-state index in [1.807, 2.05) is 0 Å². The Labute approximate surface area is 107 Å². The lowest BCUT2D eigenvalue weighted by molar-refractivity contribution is 0.0915. The zero-order valence-corrected chi connectivity index (χ0v) is 10.7. The number of nitrogens with one attached hydrogen (secondary N) is 1. The van der Waals surface area contributed by atoms with Crippen LogP contribution in [0.1, 0.15) is 49.5 Å². The van der Waals surface area contributed by atoms with Gasteiger partial charge in [-0.25, -0.2) is 4.98 Å². The molecule has 0 spiro atoms. The van der Waals surface area contributed by atoms with Gasteiger partial charge in [0.05, 0.1) is 0 Å². The minimum Gasteiger partial charge on any atom is -0.348 e. The topological polar surface area (TPSA) is 42.0 Å². The van der Waals surface area contributed by atoms with E-state index in [-0.39, 0.29) is 17.6 Å². The van der Waals surface area contributed by atoms with E-state index in [0.29, 0.717) is 5.92 Å². The van der Waals surface area contributed by atoms with Gasteiger partial charge in [-0.3, -0.25) is 4.79 Å². The van der Waals surface area contributed by atoms with Gasteiger partial charge in [0, 0.05) is 6.04 Å². The van der Waals surface area contributed by atoms with Crippen molar-refractivity contribution in [1.82, 2.24) is 10.3 Å². The number of hydrogen-bond donors (Lipinski definition) is 1. The lowest BCUT2D eigenvalue weighted by atomic mass is 9.97. The molecule has 1 aromatic rings. The maximum Gasteiger partial charge on any atom is 0.270 e. The van der Waals surface area contributed by atoms with Crippen molar-refractivity contribution in [3.8, 4) is 0 Å². The van der Waals surface area contributed by atoms with Crippen LogP contribution in [0.4, 0.5) is 4.39 Å². The minimum atomic E-state index is -0.614. The molecular weight excluding hydrogens is 231 g/mol. The highest BCUT2D eigenvalue weighted by Crippen LogP contribution is 2.23. The molecule has 0 saturated heterocycles. The highest BCUT2D eigenvalue weighted by Gasteiger charge is 2.22. The predicted molar refractivity (Wildman–Crippen MR) is 67.7 cm³/mol. The molecular formula is C14H19FN2O. The molecule has 98 valence electrons. The fraction of sp³-hybridized carbons (Fsp3) is 0.571. The van der Waals surface area contributed by atoms with Gasteiger partial charge in [0.25, 0.3) is 5.91 Å². The van der Waals surface area contributed by atoms with Gasteiger partial charge in [-0.15, -0.1) is 0 Å². The molecule has 1 N–H and O–H groups in total. The van der Waals surface area contributed by atoms with E-state index < -0.39 is 5.95 Å². The van der Waals surface area contributed by atoms with Crippen molar-refractivity contribution in [1.29, 1.82) is 0 Å². The monoisotopic (exact) mass is 250 g/mol. The Morgan fingerprint density at radius 3 is 2.89 bits per heavy atom. The van der Waals surface area contributed by atoms with Crippen molar-refractivity contribution < 1.29 is 9.18 Å². The Bertz CT molecular complexity index is 422. The normalized spacial score (nSPS) is 24.3. The highest BCUT2D eigenvalue weighted by molar-refractivity contribution is 5.92. The van der Waals surface area contributed by atoms with Crippen molar-refractivity contribution >= 4 is 5.91 Å². The Balaban J connectivity index is 2.01. The van der Waals surface area contributed by atoms with Gasteiger partial charge >= 0.3 is 0 Å². The van der Waals surface area contributed by atoms with Crippen LogP contribution < -0.4 is 5.32 Å². The maximum atomic E-state index is 13.0. The number of hydrogen-bond acceptors (Lipinski definition) is 2. The van der Waals surface area contributed by atoms with Gasteiger partial charge in [0.15, 0.2) is 0 Å². The van der Waals surface area contributed by atoms with Crippen molar-refractivity contribution in [2.24, 2.45) is 5.92 Å². The minimum absolute atomic E-state index is 0.159. The third-order valence-corrected chi connectivity index (χ3v) is 3.63. The number of pyridine rings is 1. The largest absolute Gasteiger partial charge is 0.348 e. The number of nitrogens with zero attached hydrogens (tertiary/aromatic N) is 1. The highest BCUT2D eigenvalue weighted by atomic mass is 19.1. The summed E-state index contributed by atoms with van der Waals surface area (Å²) in [6.07, 6.45) is 5.75. The fourth-order valence-corrected chi connectivity index (χ4v) is 2.48. The summed E-state index contributed by atoms with van der Waals surface area (Å²) >= 11 is 0. The molecule has 1 amide bonds. The molecule has 4 heteroatoms. The molecule has 0 bridgehead atoms. The summed E-state index contributed by atoms with van der Waals surface area (Å²) < 4.78 is 13.0. The zero-order valence-electron chi connectivity index (χ0n) is 10.7. The number of carbonyl (C=O) groups is 1. The van der Waals surface area contributed by atoms with Crippen LogP contribution >= 0.6 is 0 Å². The van der Waals surface area contributed by atoms with Crippen LogP contribution in [0.3, 0.4) is 0 Å². The van der Waals surface area contributed by atoms with Crippen molar-refractivity contribution in [2.75, 3.05) is 0 Å². The predicted octanol–water partition coefficient (Wildman–Crippen LogP) is 2.92. The lowest BCUT2D eigenvalue weighted by Crippen LogP contribution is -2.39. The van der Waals surface area contributed by atoms with Crippen molar-refractivity contribution in [3.05, 3.63) is 29.8 Å². The van der Waals surface area contributed by atoms with Crippen LogP contribution in [-0.4, -0.2) is 16.9 Å². The SMILES string of the molecule is CC1CCCCCC1NC(=O)c1cccc(F)n1. The Morgan fingerprint density at radius 2 is 2.11 bits per heavy atom. The Morgan fingerprint density at radius 1 is 1.33 bits per heavy atom. The van der Waals surface area contributed by atoms with Gasteiger partial charge in [0.2, 0.25) is 5.95 Å². The van der Waals surface area contributed by atoms with Gasteiger partial charge in [-0.2, -0.15) is 4.39 Å². The summed E-state index contributed by atoms with van der Waals surface area (Å²) in [4.78, 5) is 15.6. The average Bonchev–Trinajstić information content (AvgIpc) is 2.55. The van der Waals surface area contributed by atoms with E-state index in [1.54, 1.807) is 6.07 Å². The summed E-state index contributed by atoms with van der Waals surface area (Å²) in [5.74, 6) is -0.408. The summed E-state index contributed by atoms with van der Waals surface area (Å²) in [7, 11) is 0. The van der Waals surface area contributed by atoms with Crippen LogP contribution in [0.5, 0.6) is 0 Å². The number of rotatable bonds is 2. The van der Waals surface area contributed by atoms with Gasteiger partial charge in [0.1, 0.15) is 5.69 Å². The van der Waals surface area contributed by atoms with E-state index in [4.69, 9.17) is 0 Å². The first-order valence-corrected chi connectivity index (χ1v) is 6.60. The molecule has 1 aromatic heterocycles. The Hall–Kier alpha value is -1.45. The smallest absolute Gasteiger partial charge is 0.270 e. The lowest BCUT2D eigenvalue weighted by Gasteiger charge is -2.22. The standard InChI is InChI=1S/C14H19FN2O/c1-10-6-3-2-4-7-11(10)17-14(18)12-8-5-9-13(15)16-12/h5,8-11H,2-4,6-7H2,1H3,(H,17,18). The number of aromatic nitrogens is 1. The van der Waals surface area contributed by atoms with Gasteiger partial charge < -0.3 is 5.32 Å². The molecule has 0 aromatic carbocycles. The quantitative estimate of drug-likeness (QED) is 0.647. The van der Waals surface area contributed by atoms with Crippen LogP contribution in [0.2, 0.25) is 0 Å². The maximum absolute atomic E-state index is 13.0. The molecule has 2 unspecified atom stereocenters. The third kappa shape index (κ3) is 3.28. The van der Waals surface area contributed by atoms with E-state index in [0.717, 1.165) is 19.3 Å². The third-order valence-electron chi connectivity index (χ3n) is 3.63. The molecule has 1 fully saturated rings. The molecule has 1 saturated carbocycles. The molecule has 18 heavy (non-hydrogen) atoms. The average molecular weight is 250 g/mol. The summed E-state index contributed by atoms with van der Waals surface area (Å²) in [6.45, 7) is 2.16. The van der Waals surface area contributed by atoms with Crippen LogP contribution in [0.25, 0.3) is 0 Å². The van der Waals surface area contributed by atoms with E-state index in [1.165, 1.54) is 25.0 Å². The van der Waals surface area contributed by atoms with Crippen LogP contribution in [-0.2, 0) is 0 Å². The Kier molecular flexibility index (Phi) is 4.28. The molecule has 0 radical (unpaired) electrons. The van der Waals surface area contributed by atoms with Crippen molar-refractivity contribution in [3.63, 3.8) is 0 Å². The van der Waals surface area contributed by atoms with E-state index in [9.17, 15) is 9.18 Å². The van der Waals surface area contributed by atoms with Gasteiger partial charge in [-0.1, -0.05) is 32.3 Å². The molecule has 1 heterocycles. The first-order chi connectivity index (χ1) is 8.66. The molecule has 1 aliphatic rings. The number of halogens is 1. The number of amides is 1. The first-order valence-electron chi connectivity index (χ1n) is 6.60. The van der Waals surface area contributed by atoms with Crippen LogP contribution in [0, 0.1) is 11.9 Å². The molecule has 0 aliphatic heterocycles. The second-order valence-electron chi connectivity index (χ2n) is 5.04. The molecule has 2 rings (SSSR count). The molecule has 2 atom stereocenters. The molecule has 1 aliphatic carbocycles. The second-order valence-corrected chi connectivity index (χ2v) is 5.04. The summed E-state index contributed by atoms with van der Waals surface area (Å²) in [5.41, 5.74) is 0.159. The van der Waals surface area contributed by atoms with E-state index in [2.05, 4.69) is 17.2 Å². The summed E-state index contributed by atoms with van der Waals surface area (Å²) in [5, 5.41) is 2.98. The molecule has 3 nitrogen and oxygen atoms in total. The van der Waals surface area contributed by atoms with E-state index >= 15 is 0 Å². The first kappa shape index (κ1) is 13.0. The zero-order chi connectivity index (χ0) is 13.0.